The molecular weight excluding hydrogens is 196 g/mol. The largest absolute Gasteiger partial charge is 0.465 e. The van der Waals surface area contributed by atoms with Gasteiger partial charge in [0.2, 0.25) is 0 Å². The Morgan fingerprint density at radius 2 is 2.07 bits per heavy atom. The number of hydrogen-bond acceptors (Lipinski definition) is 4. The van der Waals surface area contributed by atoms with Crippen LogP contribution in [0.15, 0.2) is 39.5 Å². The van der Waals surface area contributed by atoms with Gasteiger partial charge in [-0.1, -0.05) is 6.07 Å². The highest BCUT2D eigenvalue weighted by molar-refractivity contribution is 6.02. The maximum Gasteiger partial charge on any atom is 0.338 e. The first-order chi connectivity index (χ1) is 7.22. The lowest BCUT2D eigenvalue weighted by molar-refractivity contribution is 0.0603. The predicted molar refractivity (Wildman–Crippen MR) is 53.8 cm³/mol. The molecular formula is C11H8O4. The summed E-state index contributed by atoms with van der Waals surface area (Å²) in [6.45, 7) is 0. The van der Waals surface area contributed by atoms with Crippen LogP contribution >= 0.6 is 0 Å². The normalized spacial score (nSPS) is 10.2. The van der Waals surface area contributed by atoms with Gasteiger partial charge in [-0.2, -0.15) is 0 Å². The van der Waals surface area contributed by atoms with Gasteiger partial charge in [0.05, 0.1) is 12.7 Å². The lowest BCUT2D eigenvalue weighted by Crippen LogP contribution is -2.03. The van der Waals surface area contributed by atoms with Crippen LogP contribution in [0.4, 0.5) is 0 Å². The van der Waals surface area contributed by atoms with Crippen LogP contribution in [-0.4, -0.2) is 13.1 Å². The minimum Gasteiger partial charge on any atom is -0.465 e. The third-order valence-electron chi connectivity index (χ3n) is 2.07. The highest BCUT2D eigenvalue weighted by Gasteiger charge is 2.10. The fraction of sp³-hybridized carbons (Fsp3) is 0.0909. The molecule has 0 radical (unpaired) electrons. The van der Waals surface area contributed by atoms with E-state index >= 15 is 0 Å². The maximum absolute atomic E-state index is 11.4. The fourth-order valence-electron chi connectivity index (χ4n) is 1.39. The van der Waals surface area contributed by atoms with E-state index < -0.39 is 11.6 Å². The molecule has 2 rings (SSSR count). The number of rotatable bonds is 1. The summed E-state index contributed by atoms with van der Waals surface area (Å²) < 4.78 is 9.55. The smallest absolute Gasteiger partial charge is 0.338 e. The van der Waals surface area contributed by atoms with Gasteiger partial charge in [-0.3, -0.25) is 0 Å². The molecule has 76 valence electrons. The third-order valence-corrected chi connectivity index (χ3v) is 2.07. The Balaban J connectivity index is 2.76. The predicted octanol–water partition coefficient (Wildman–Crippen LogP) is 1.58. The Labute approximate surface area is 85.1 Å². The molecule has 0 bridgehead atoms. The molecule has 0 aliphatic heterocycles. The Hall–Kier alpha value is -2.10. The van der Waals surface area contributed by atoms with E-state index in [9.17, 15) is 9.59 Å². The van der Waals surface area contributed by atoms with Crippen molar-refractivity contribution >= 4 is 16.9 Å². The molecule has 0 saturated carbocycles. The summed E-state index contributed by atoms with van der Waals surface area (Å²) in [6, 6.07) is 7.71. The topological polar surface area (TPSA) is 56.5 Å². The van der Waals surface area contributed by atoms with Gasteiger partial charge in [0, 0.05) is 11.5 Å². The standard InChI is InChI=1S/C11H8O4/c1-14-11(13)8-3-2-4-9-7(8)5-6-10(12)15-9/h2-6H,1H3. The molecule has 4 heteroatoms. The first kappa shape index (κ1) is 9.45. The summed E-state index contributed by atoms with van der Waals surface area (Å²) >= 11 is 0. The molecule has 1 aromatic carbocycles. The van der Waals surface area contributed by atoms with Crippen LogP contribution in [0.1, 0.15) is 10.4 Å². The summed E-state index contributed by atoms with van der Waals surface area (Å²) in [5.41, 5.74) is 0.327. The Bertz CT molecular complexity index is 568. The van der Waals surface area contributed by atoms with Crippen molar-refractivity contribution in [2.45, 2.75) is 0 Å². The van der Waals surface area contributed by atoms with Gasteiger partial charge in [0.1, 0.15) is 5.58 Å². The van der Waals surface area contributed by atoms with Gasteiger partial charge in [0.15, 0.2) is 0 Å². The summed E-state index contributed by atoms with van der Waals surface area (Å²) in [5.74, 6) is -0.450. The van der Waals surface area contributed by atoms with Crippen LogP contribution < -0.4 is 5.63 Å². The molecule has 0 spiro atoms. The second kappa shape index (κ2) is 3.57. The van der Waals surface area contributed by atoms with Gasteiger partial charge in [-0.15, -0.1) is 0 Å². The molecule has 0 saturated heterocycles. The molecule has 0 fully saturated rings. The van der Waals surface area contributed by atoms with Gasteiger partial charge in [-0.25, -0.2) is 9.59 Å². The molecule has 0 N–H and O–H groups in total. The summed E-state index contributed by atoms with van der Waals surface area (Å²) in [5, 5.41) is 0.573. The van der Waals surface area contributed by atoms with Crippen LogP contribution in [-0.2, 0) is 4.74 Å². The Kier molecular flexibility index (Phi) is 2.25. The van der Waals surface area contributed by atoms with Crippen molar-refractivity contribution in [2.75, 3.05) is 7.11 Å². The van der Waals surface area contributed by atoms with E-state index in [4.69, 9.17) is 4.42 Å². The second-order valence-electron chi connectivity index (χ2n) is 2.96. The molecule has 1 aromatic heterocycles. The molecule has 15 heavy (non-hydrogen) atoms. The molecule has 0 aliphatic rings. The van der Waals surface area contributed by atoms with Gasteiger partial charge >= 0.3 is 11.6 Å². The molecule has 2 aromatic rings. The van der Waals surface area contributed by atoms with Crippen LogP contribution in [0.5, 0.6) is 0 Å². The first-order valence-corrected chi connectivity index (χ1v) is 4.33. The van der Waals surface area contributed by atoms with E-state index in [1.54, 1.807) is 24.3 Å². The summed E-state index contributed by atoms with van der Waals surface area (Å²) in [7, 11) is 1.31. The third kappa shape index (κ3) is 1.61. The minimum absolute atomic E-state index is 0.380. The van der Waals surface area contributed by atoms with Crippen molar-refractivity contribution in [1.82, 2.24) is 0 Å². The highest BCUT2D eigenvalue weighted by Crippen LogP contribution is 2.17. The van der Waals surface area contributed by atoms with E-state index in [2.05, 4.69) is 4.74 Å². The zero-order valence-corrected chi connectivity index (χ0v) is 8.02. The lowest BCUT2D eigenvalue weighted by Gasteiger charge is -2.02. The van der Waals surface area contributed by atoms with E-state index in [0.717, 1.165) is 0 Å². The van der Waals surface area contributed by atoms with Crippen molar-refractivity contribution in [1.29, 1.82) is 0 Å². The van der Waals surface area contributed by atoms with Crippen molar-refractivity contribution < 1.29 is 13.9 Å². The number of carbonyl (C=O) groups is 1. The SMILES string of the molecule is COC(=O)c1cccc2oc(=O)ccc12. The second-order valence-corrected chi connectivity index (χ2v) is 2.96. The zero-order valence-electron chi connectivity index (χ0n) is 8.02. The number of ether oxygens (including phenoxy) is 1. The Morgan fingerprint density at radius 1 is 1.27 bits per heavy atom. The molecule has 0 unspecified atom stereocenters. The lowest BCUT2D eigenvalue weighted by atomic mass is 10.1. The maximum atomic E-state index is 11.4. The van der Waals surface area contributed by atoms with E-state index in [1.165, 1.54) is 13.2 Å². The van der Waals surface area contributed by atoms with Crippen LogP contribution in [0, 0.1) is 0 Å². The number of benzene rings is 1. The fourth-order valence-corrected chi connectivity index (χ4v) is 1.39. The van der Waals surface area contributed by atoms with Crippen molar-refractivity contribution in [3.05, 3.63) is 46.3 Å². The zero-order chi connectivity index (χ0) is 10.8. The monoisotopic (exact) mass is 204 g/mol. The molecule has 0 amide bonds. The quantitative estimate of drug-likeness (QED) is 0.522. The first-order valence-electron chi connectivity index (χ1n) is 4.33. The molecule has 0 atom stereocenters. The average molecular weight is 204 g/mol. The van der Waals surface area contributed by atoms with Crippen LogP contribution in [0.25, 0.3) is 11.0 Å². The van der Waals surface area contributed by atoms with Crippen LogP contribution in [0.3, 0.4) is 0 Å². The molecule has 1 heterocycles. The van der Waals surface area contributed by atoms with Crippen LogP contribution in [0.2, 0.25) is 0 Å². The van der Waals surface area contributed by atoms with E-state index in [1.807, 2.05) is 0 Å². The van der Waals surface area contributed by atoms with Crippen molar-refractivity contribution in [3.8, 4) is 0 Å². The molecule has 0 aliphatic carbocycles. The number of carbonyl (C=O) groups excluding carboxylic acids is 1. The van der Waals surface area contributed by atoms with Gasteiger partial charge < -0.3 is 9.15 Å². The summed E-state index contributed by atoms with van der Waals surface area (Å²) in [4.78, 5) is 22.3. The molecule has 4 nitrogen and oxygen atoms in total. The van der Waals surface area contributed by atoms with Crippen molar-refractivity contribution in [3.63, 3.8) is 0 Å². The highest BCUT2D eigenvalue weighted by atomic mass is 16.5. The number of hydrogen-bond donors (Lipinski definition) is 0. The number of esters is 1. The average Bonchev–Trinajstić information content (AvgIpc) is 2.26. The van der Waals surface area contributed by atoms with Gasteiger partial charge in [0.25, 0.3) is 0 Å². The minimum atomic E-state index is -0.450. The van der Waals surface area contributed by atoms with E-state index in [-0.39, 0.29) is 0 Å². The van der Waals surface area contributed by atoms with Crippen molar-refractivity contribution in [2.24, 2.45) is 0 Å². The Morgan fingerprint density at radius 3 is 2.80 bits per heavy atom. The van der Waals surface area contributed by atoms with Gasteiger partial charge in [-0.05, 0) is 18.2 Å². The van der Waals surface area contributed by atoms with E-state index in [0.29, 0.717) is 16.5 Å². The number of methoxy groups -OCH3 is 1. The summed E-state index contributed by atoms with van der Waals surface area (Å²) in [6.07, 6.45) is 0. The number of fused-ring (bicyclic) bond motifs is 1.